The minimum absolute atomic E-state index is 0.00872. The number of aromatic hydroxyl groups is 1. The molecule has 1 unspecified atom stereocenters. The van der Waals surface area contributed by atoms with Crippen molar-refractivity contribution in [3.63, 3.8) is 0 Å². The lowest BCUT2D eigenvalue weighted by molar-refractivity contribution is -0.124. The van der Waals surface area contributed by atoms with Gasteiger partial charge >= 0.3 is 0 Å². The molecule has 1 N–H and O–H groups in total. The molecule has 1 saturated heterocycles. The molecule has 8 rings (SSSR count). The number of hydrogen-bond acceptors (Lipinski definition) is 6. The van der Waals surface area contributed by atoms with Crippen LogP contribution in [0.4, 0.5) is 5.69 Å². The summed E-state index contributed by atoms with van der Waals surface area (Å²) in [5.74, 6) is 1.98. The number of anilines is 1. The standard InChI is InChI=1S/C46H51N3O4/c1-32-10-21-43(44(51)28-32)49-31-36-29-37(14-19-42(36)46(49)52)48-24-7-23-47(25-26-48)22-5-6-27-53-39-16-11-34(12-17-39)45-40(33-8-3-2-4-9-33)18-13-35-30-38(50)15-20-41(35)45/h2-4,8-9,11-12,14-17,19-20,29-30,40,43,45,50H,1,5-7,10,13,18,21-28,31H2/t40-,43?,45+/m0/s1. The van der Waals surface area contributed by atoms with Crippen molar-refractivity contribution in [3.8, 4) is 11.5 Å². The van der Waals surface area contributed by atoms with Crippen LogP contribution in [0.25, 0.3) is 0 Å². The van der Waals surface area contributed by atoms with Crippen molar-refractivity contribution in [2.24, 2.45) is 0 Å². The Bertz CT molecular complexity index is 1960. The first-order valence-corrected chi connectivity index (χ1v) is 19.6. The van der Waals surface area contributed by atoms with E-state index < -0.39 is 0 Å². The van der Waals surface area contributed by atoms with Gasteiger partial charge in [0, 0.05) is 49.8 Å². The van der Waals surface area contributed by atoms with Crippen molar-refractivity contribution in [2.45, 2.75) is 75.8 Å². The number of aryl methyl sites for hydroxylation is 1. The summed E-state index contributed by atoms with van der Waals surface area (Å²) in [6, 6.07) is 31.3. The summed E-state index contributed by atoms with van der Waals surface area (Å²) in [5.41, 5.74) is 9.13. The van der Waals surface area contributed by atoms with Gasteiger partial charge in [-0.05, 0) is 134 Å². The first-order valence-electron chi connectivity index (χ1n) is 19.6. The van der Waals surface area contributed by atoms with Crippen molar-refractivity contribution in [1.82, 2.24) is 9.80 Å². The molecule has 2 heterocycles. The molecule has 0 bridgehead atoms. The molecular weight excluding hydrogens is 659 g/mol. The maximum Gasteiger partial charge on any atom is 0.255 e. The first kappa shape index (κ1) is 35.2. The summed E-state index contributed by atoms with van der Waals surface area (Å²) in [6.45, 7) is 10.3. The SMILES string of the molecule is C=C1CCC(N2Cc3cc(N4CCCN(CCCCOc5ccc([C@H]6c7ccc(O)cc7CC[C@H]6c6ccccc6)cc5)CC4)ccc3C2=O)C(=O)C1. The highest BCUT2D eigenvalue weighted by Gasteiger charge is 2.38. The van der Waals surface area contributed by atoms with Crippen molar-refractivity contribution < 1.29 is 19.4 Å². The second-order valence-electron chi connectivity index (χ2n) is 15.4. The van der Waals surface area contributed by atoms with E-state index in [0.717, 1.165) is 93.7 Å². The number of rotatable bonds is 10. The summed E-state index contributed by atoms with van der Waals surface area (Å²) >= 11 is 0. The monoisotopic (exact) mass is 709 g/mol. The Morgan fingerprint density at radius 3 is 2.47 bits per heavy atom. The molecule has 0 aromatic heterocycles. The van der Waals surface area contributed by atoms with E-state index in [0.29, 0.717) is 37.7 Å². The number of benzene rings is 4. The van der Waals surface area contributed by atoms with Crippen LogP contribution in [0.5, 0.6) is 11.5 Å². The number of nitrogens with zero attached hydrogens (tertiary/aromatic N) is 3. The summed E-state index contributed by atoms with van der Waals surface area (Å²) in [4.78, 5) is 32.8. The van der Waals surface area contributed by atoms with Crippen molar-refractivity contribution in [2.75, 3.05) is 44.2 Å². The maximum absolute atomic E-state index is 13.2. The fourth-order valence-electron chi connectivity index (χ4n) is 9.19. The molecule has 4 aromatic carbocycles. The summed E-state index contributed by atoms with van der Waals surface area (Å²) < 4.78 is 6.23. The topological polar surface area (TPSA) is 73.3 Å². The Kier molecular flexibility index (Phi) is 10.4. The number of allylic oxidation sites excluding steroid dienone is 1. The van der Waals surface area contributed by atoms with Gasteiger partial charge in [-0.15, -0.1) is 0 Å². The number of ketones is 1. The molecule has 1 saturated carbocycles. The molecule has 0 spiro atoms. The number of hydrogen-bond donors (Lipinski definition) is 1. The van der Waals surface area contributed by atoms with Crippen molar-refractivity contribution in [1.29, 1.82) is 0 Å². The van der Waals surface area contributed by atoms with Gasteiger partial charge in [-0.25, -0.2) is 0 Å². The molecule has 7 nitrogen and oxygen atoms in total. The molecule has 4 aliphatic rings. The molecule has 7 heteroatoms. The van der Waals surface area contributed by atoms with E-state index in [-0.39, 0.29) is 23.7 Å². The second-order valence-corrected chi connectivity index (χ2v) is 15.4. The number of phenols is 1. The number of ether oxygens (including phenoxy) is 1. The number of unbranched alkanes of at least 4 members (excludes halogenated alkanes) is 1. The highest BCUT2D eigenvalue weighted by molar-refractivity contribution is 6.02. The summed E-state index contributed by atoms with van der Waals surface area (Å²) in [5, 5.41) is 10.2. The maximum atomic E-state index is 13.2. The highest BCUT2D eigenvalue weighted by atomic mass is 16.5. The van der Waals surface area contributed by atoms with E-state index in [2.05, 4.69) is 89.2 Å². The normalized spacial score (nSPS) is 22.0. The lowest BCUT2D eigenvalue weighted by atomic mass is 9.69. The fourth-order valence-corrected chi connectivity index (χ4v) is 9.19. The quantitative estimate of drug-likeness (QED) is 0.132. The third-order valence-corrected chi connectivity index (χ3v) is 12.0. The van der Waals surface area contributed by atoms with Gasteiger partial charge in [0.1, 0.15) is 11.5 Å². The smallest absolute Gasteiger partial charge is 0.255 e. The molecule has 2 fully saturated rings. The lowest BCUT2D eigenvalue weighted by Crippen LogP contribution is -2.43. The van der Waals surface area contributed by atoms with E-state index in [1.165, 1.54) is 27.9 Å². The zero-order valence-electron chi connectivity index (χ0n) is 30.7. The van der Waals surface area contributed by atoms with E-state index in [4.69, 9.17) is 4.74 Å². The van der Waals surface area contributed by atoms with Gasteiger partial charge in [0.05, 0.1) is 12.6 Å². The third-order valence-electron chi connectivity index (χ3n) is 12.0. The Hall–Kier alpha value is -4.88. The second kappa shape index (κ2) is 15.6. The average molecular weight is 710 g/mol. The van der Waals surface area contributed by atoms with Gasteiger partial charge < -0.3 is 24.5 Å². The Morgan fingerprint density at radius 1 is 0.792 bits per heavy atom. The van der Waals surface area contributed by atoms with Crippen LogP contribution in [0.1, 0.15) is 95.0 Å². The van der Waals surface area contributed by atoms with Crippen LogP contribution < -0.4 is 9.64 Å². The van der Waals surface area contributed by atoms with Crippen LogP contribution in [0, 0.1) is 0 Å². The molecule has 0 radical (unpaired) electrons. The number of Topliss-reactive ketones (excluding diaryl/α,β-unsaturated/α-hetero) is 1. The summed E-state index contributed by atoms with van der Waals surface area (Å²) in [7, 11) is 0. The molecular formula is C46H51N3O4. The highest BCUT2D eigenvalue weighted by Crippen LogP contribution is 2.47. The average Bonchev–Trinajstić information content (AvgIpc) is 3.32. The van der Waals surface area contributed by atoms with Gasteiger partial charge in [0.2, 0.25) is 0 Å². The Balaban J connectivity index is 0.810. The zero-order valence-corrected chi connectivity index (χ0v) is 30.7. The van der Waals surface area contributed by atoms with Crippen LogP contribution in [0.2, 0.25) is 0 Å². The number of phenolic OH excluding ortho intramolecular Hbond substituents is 1. The number of carbonyl (C=O) groups is 2. The van der Waals surface area contributed by atoms with Crippen LogP contribution in [0.3, 0.4) is 0 Å². The van der Waals surface area contributed by atoms with Gasteiger partial charge in [-0.1, -0.05) is 60.7 Å². The predicted octanol–water partition coefficient (Wildman–Crippen LogP) is 8.26. The Morgan fingerprint density at radius 2 is 1.64 bits per heavy atom. The van der Waals surface area contributed by atoms with Crippen LogP contribution in [-0.2, 0) is 17.8 Å². The predicted molar refractivity (Wildman–Crippen MR) is 210 cm³/mol. The largest absolute Gasteiger partial charge is 0.508 e. The van der Waals surface area contributed by atoms with E-state index >= 15 is 0 Å². The molecule has 274 valence electrons. The van der Waals surface area contributed by atoms with Crippen LogP contribution in [0.15, 0.2) is 103 Å². The third kappa shape index (κ3) is 7.63. The minimum Gasteiger partial charge on any atom is -0.508 e. The zero-order chi connectivity index (χ0) is 36.3. The van der Waals surface area contributed by atoms with Gasteiger partial charge in [-0.2, -0.15) is 0 Å². The number of amides is 1. The molecule has 1 amide bonds. The minimum atomic E-state index is -0.322. The van der Waals surface area contributed by atoms with Crippen LogP contribution in [-0.4, -0.2) is 72.0 Å². The number of carbonyl (C=O) groups excluding carboxylic acids is 2. The lowest BCUT2D eigenvalue weighted by Gasteiger charge is -2.34. The van der Waals surface area contributed by atoms with E-state index in [9.17, 15) is 14.7 Å². The molecule has 53 heavy (non-hydrogen) atoms. The van der Waals surface area contributed by atoms with Crippen molar-refractivity contribution in [3.05, 3.63) is 137 Å². The van der Waals surface area contributed by atoms with E-state index in [1.807, 2.05) is 18.2 Å². The van der Waals surface area contributed by atoms with Crippen molar-refractivity contribution >= 4 is 17.4 Å². The summed E-state index contributed by atoms with van der Waals surface area (Å²) in [6.07, 6.45) is 7.10. The van der Waals surface area contributed by atoms with Gasteiger partial charge in [0.25, 0.3) is 5.91 Å². The first-order chi connectivity index (χ1) is 25.9. The molecule has 4 aromatic rings. The van der Waals surface area contributed by atoms with Gasteiger partial charge in [0.15, 0.2) is 5.78 Å². The van der Waals surface area contributed by atoms with Gasteiger partial charge in [-0.3, -0.25) is 9.59 Å². The van der Waals surface area contributed by atoms with E-state index in [1.54, 1.807) is 4.90 Å². The fraction of sp³-hybridized carbons (Fsp3) is 0.391. The molecule has 3 atom stereocenters. The number of fused-ring (bicyclic) bond motifs is 2. The van der Waals surface area contributed by atoms with Crippen LogP contribution >= 0.6 is 0 Å². The molecule has 2 aliphatic heterocycles. The molecule has 2 aliphatic carbocycles. The Labute approximate surface area is 313 Å².